The van der Waals surface area contributed by atoms with Gasteiger partial charge in [-0.15, -0.1) is 0 Å². The van der Waals surface area contributed by atoms with E-state index in [1.54, 1.807) is 0 Å². The van der Waals surface area contributed by atoms with Crippen LogP contribution in [0.15, 0.2) is 237 Å². The number of hydrogen-bond donors (Lipinski definition) is 0. The van der Waals surface area contributed by atoms with Gasteiger partial charge in [0.1, 0.15) is 5.75 Å². The van der Waals surface area contributed by atoms with Crippen molar-refractivity contribution in [1.29, 1.82) is 0 Å². The zero-order valence-corrected chi connectivity index (χ0v) is 42.9. The zero-order valence-electron chi connectivity index (χ0n) is 42.9. The van der Waals surface area contributed by atoms with Crippen LogP contribution < -0.4 is 9.64 Å². The summed E-state index contributed by atoms with van der Waals surface area (Å²) in [4.78, 5) is 2.41. The molecule has 1 aliphatic carbocycles. The molecule has 362 valence electrons. The molecule has 74 heavy (non-hydrogen) atoms. The Kier molecular flexibility index (Phi) is 12.5. The van der Waals surface area contributed by atoms with Gasteiger partial charge in [0.05, 0.1) is 17.6 Å². The minimum absolute atomic E-state index is 0.111. The van der Waals surface area contributed by atoms with E-state index in [1.807, 2.05) is 0 Å². The van der Waals surface area contributed by atoms with Crippen molar-refractivity contribution in [3.8, 4) is 55.9 Å². The first-order valence-corrected chi connectivity index (χ1v) is 26.6. The molecule has 1 atom stereocenters. The molecule has 0 fully saturated rings. The highest BCUT2D eigenvalue weighted by Crippen LogP contribution is 2.51. The van der Waals surface area contributed by atoms with Gasteiger partial charge in [-0.2, -0.15) is 0 Å². The summed E-state index contributed by atoms with van der Waals surface area (Å²) in [6.07, 6.45) is 4.29. The van der Waals surface area contributed by atoms with E-state index in [4.69, 9.17) is 4.74 Å². The Morgan fingerprint density at radius 3 is 1.59 bits per heavy atom. The van der Waals surface area contributed by atoms with E-state index in [-0.39, 0.29) is 5.41 Å². The van der Waals surface area contributed by atoms with Gasteiger partial charge in [0.2, 0.25) is 0 Å². The van der Waals surface area contributed by atoms with Crippen molar-refractivity contribution in [3.63, 3.8) is 0 Å². The van der Waals surface area contributed by atoms with Crippen LogP contribution in [0, 0.1) is 0 Å². The second-order valence-corrected chi connectivity index (χ2v) is 20.7. The number of aromatic nitrogens is 1. The molecular formula is C71H62N2O. The molecule has 1 unspecified atom stereocenters. The van der Waals surface area contributed by atoms with Crippen molar-refractivity contribution in [1.82, 2.24) is 4.57 Å². The van der Waals surface area contributed by atoms with E-state index in [2.05, 4.69) is 274 Å². The highest BCUT2D eigenvalue weighted by Gasteiger charge is 2.35. The molecule has 1 aromatic heterocycles. The number of nitrogens with zero attached hydrogens (tertiary/aromatic N) is 2. The molecule has 0 saturated carbocycles. The van der Waals surface area contributed by atoms with Crippen LogP contribution in [0.5, 0.6) is 5.75 Å². The predicted octanol–water partition coefficient (Wildman–Crippen LogP) is 19.5. The molecular weight excluding hydrogens is 897 g/mol. The Morgan fingerprint density at radius 1 is 0.459 bits per heavy atom. The van der Waals surface area contributed by atoms with Gasteiger partial charge in [0.15, 0.2) is 0 Å². The first kappa shape index (κ1) is 46.7. The van der Waals surface area contributed by atoms with E-state index < -0.39 is 0 Å². The molecule has 1 aliphatic rings. The van der Waals surface area contributed by atoms with Gasteiger partial charge in [-0.3, -0.25) is 0 Å². The van der Waals surface area contributed by atoms with Gasteiger partial charge >= 0.3 is 0 Å². The van der Waals surface area contributed by atoms with Gasteiger partial charge < -0.3 is 14.2 Å². The smallest absolute Gasteiger partial charge is 0.119 e. The Balaban J connectivity index is 0.838. The number of fused-ring (bicyclic) bond motifs is 6. The normalized spacial score (nSPS) is 12.9. The summed E-state index contributed by atoms with van der Waals surface area (Å²) < 4.78 is 8.51. The fraction of sp³-hybridized carbons (Fsp3) is 0.155. The maximum atomic E-state index is 6.10. The molecule has 0 bridgehead atoms. The maximum absolute atomic E-state index is 6.10. The fourth-order valence-electron chi connectivity index (χ4n) is 11.4. The lowest BCUT2D eigenvalue weighted by atomic mass is 9.82. The van der Waals surface area contributed by atoms with Crippen molar-refractivity contribution in [3.05, 3.63) is 259 Å². The summed E-state index contributed by atoms with van der Waals surface area (Å²) in [7, 11) is 0. The molecule has 0 amide bonds. The summed E-state index contributed by atoms with van der Waals surface area (Å²) >= 11 is 0. The number of benzene rings is 10. The third kappa shape index (κ3) is 8.87. The number of hydrogen-bond acceptors (Lipinski definition) is 2. The number of unbranched alkanes of at least 4 members (excludes halogenated alkanes) is 1. The zero-order chi connectivity index (χ0) is 50.2. The lowest BCUT2D eigenvalue weighted by Gasteiger charge is -2.28. The summed E-state index contributed by atoms with van der Waals surface area (Å²) in [6.45, 7) is 9.96. The number of anilines is 3. The summed E-state index contributed by atoms with van der Waals surface area (Å²) in [5.74, 6) is 1.54. The van der Waals surface area contributed by atoms with Crippen LogP contribution in [0.4, 0.5) is 17.1 Å². The Labute approximate surface area is 437 Å². The molecule has 0 radical (unpaired) electrons. The van der Waals surface area contributed by atoms with Gasteiger partial charge in [-0.25, -0.2) is 0 Å². The summed E-state index contributed by atoms with van der Waals surface area (Å²) in [5.41, 5.74) is 22.1. The maximum Gasteiger partial charge on any atom is 0.119 e. The van der Waals surface area contributed by atoms with Crippen LogP contribution in [0.25, 0.3) is 72.0 Å². The van der Waals surface area contributed by atoms with Crippen molar-refractivity contribution in [2.75, 3.05) is 11.5 Å². The summed E-state index contributed by atoms with van der Waals surface area (Å²) in [5, 5.41) is 2.48. The molecule has 1 heterocycles. The lowest BCUT2D eigenvalue weighted by molar-refractivity contribution is 0.307. The molecule has 3 heteroatoms. The molecule has 10 aromatic carbocycles. The molecule has 0 N–H and O–H groups in total. The average Bonchev–Trinajstić information content (AvgIpc) is 3.90. The van der Waals surface area contributed by atoms with Crippen LogP contribution in [0.2, 0.25) is 0 Å². The van der Waals surface area contributed by atoms with Crippen LogP contribution in [0.1, 0.15) is 75.1 Å². The van der Waals surface area contributed by atoms with E-state index >= 15 is 0 Å². The number of para-hydroxylation sites is 1. The third-order valence-electron chi connectivity index (χ3n) is 15.8. The molecule has 0 saturated heterocycles. The highest BCUT2D eigenvalue weighted by molar-refractivity contribution is 6.11. The first-order valence-electron chi connectivity index (χ1n) is 26.6. The van der Waals surface area contributed by atoms with Crippen LogP contribution in [0.3, 0.4) is 0 Å². The third-order valence-corrected chi connectivity index (χ3v) is 15.8. The monoisotopic (exact) mass is 958 g/mol. The molecule has 0 spiro atoms. The van der Waals surface area contributed by atoms with Gasteiger partial charge in [0.25, 0.3) is 0 Å². The largest absolute Gasteiger partial charge is 0.494 e. The van der Waals surface area contributed by atoms with Crippen LogP contribution >= 0.6 is 0 Å². The SMILES string of the molecule is CCC(C)c1ccc(OCCCCc2ccc(-c3ccc4c(c3)c3cc(-c5ccc(N(c6ccc(-c7ccccc7)cc6)c6ccc7c(c6)C(C)(C)c6ccccc6-7)cc5)ccc3n4-c3ccccc3)cc2)cc1. The van der Waals surface area contributed by atoms with E-state index in [9.17, 15) is 0 Å². The van der Waals surface area contributed by atoms with Gasteiger partial charge in [-0.1, -0.05) is 179 Å². The fourth-order valence-corrected chi connectivity index (χ4v) is 11.4. The Bertz CT molecular complexity index is 3740. The van der Waals surface area contributed by atoms with Gasteiger partial charge in [0, 0.05) is 38.9 Å². The van der Waals surface area contributed by atoms with E-state index in [0.717, 1.165) is 60.8 Å². The van der Waals surface area contributed by atoms with Crippen molar-refractivity contribution in [2.45, 2.75) is 64.7 Å². The lowest BCUT2D eigenvalue weighted by Crippen LogP contribution is -2.16. The first-order chi connectivity index (χ1) is 36.3. The number of ether oxygens (including phenoxy) is 1. The predicted molar refractivity (Wildman–Crippen MR) is 313 cm³/mol. The minimum atomic E-state index is -0.111. The second kappa shape index (κ2) is 19.9. The van der Waals surface area contributed by atoms with Crippen molar-refractivity contribution >= 4 is 38.9 Å². The Hall–Kier alpha value is -8.40. The van der Waals surface area contributed by atoms with E-state index in [1.165, 1.54) is 88.6 Å². The average molecular weight is 959 g/mol. The second-order valence-electron chi connectivity index (χ2n) is 20.7. The van der Waals surface area contributed by atoms with Crippen molar-refractivity contribution < 1.29 is 4.74 Å². The van der Waals surface area contributed by atoms with Crippen molar-refractivity contribution in [2.24, 2.45) is 0 Å². The van der Waals surface area contributed by atoms with Crippen LogP contribution in [-0.4, -0.2) is 11.2 Å². The number of aryl methyl sites for hydroxylation is 1. The van der Waals surface area contributed by atoms with Crippen LogP contribution in [-0.2, 0) is 11.8 Å². The molecule has 3 nitrogen and oxygen atoms in total. The molecule has 0 aliphatic heterocycles. The van der Waals surface area contributed by atoms with E-state index in [0.29, 0.717) is 5.92 Å². The number of rotatable bonds is 15. The molecule has 12 rings (SSSR count). The standard InChI is InChI=1S/C71H62N2O/c1-5-49(2)51-31-40-62(41-32-51)74-45-15-14-16-50-23-25-54(26-24-50)56-33-43-69-65(46-56)66-47-57(34-44-70(66)73(69)58-19-10-7-11-20-58)55-29-37-60(38-30-55)72(59-35-27-53(28-36-59)52-17-8-6-9-18-52)61-39-42-64-63-21-12-13-22-67(63)71(3,4)68(64)48-61/h6-13,17-44,46-49H,5,14-16,45H2,1-4H3. The highest BCUT2D eigenvalue weighted by atomic mass is 16.5. The topological polar surface area (TPSA) is 17.4 Å². The summed E-state index contributed by atoms with van der Waals surface area (Å²) in [6, 6.07) is 87.3. The minimum Gasteiger partial charge on any atom is -0.494 e. The molecule has 11 aromatic rings. The Morgan fingerprint density at radius 2 is 0.973 bits per heavy atom. The van der Waals surface area contributed by atoms with Gasteiger partial charge in [-0.05, 0) is 183 Å². The quantitative estimate of drug-likeness (QED) is 0.0953.